The van der Waals surface area contributed by atoms with Gasteiger partial charge in [0.15, 0.2) is 0 Å². The maximum absolute atomic E-state index is 8.87. The second-order valence-corrected chi connectivity index (χ2v) is 4.66. The Hall–Kier alpha value is -0.0800. The number of hydrogen-bond donors (Lipinski definition) is 2. The molecule has 2 heteroatoms. The van der Waals surface area contributed by atoms with Crippen LogP contribution in [0.15, 0.2) is 0 Å². The highest BCUT2D eigenvalue weighted by Crippen LogP contribution is 2.35. The van der Waals surface area contributed by atoms with Crippen molar-refractivity contribution in [3.05, 3.63) is 0 Å². The molecule has 0 spiro atoms. The average Bonchev–Trinajstić information content (AvgIpc) is 2.18. The Morgan fingerprint density at radius 2 is 1.92 bits per heavy atom. The second-order valence-electron chi connectivity index (χ2n) is 4.66. The highest BCUT2D eigenvalue weighted by atomic mass is 16.3. The Kier molecular flexibility index (Phi) is 3.23. The molecule has 2 rings (SSSR count). The first-order valence-corrected chi connectivity index (χ1v) is 5.74. The van der Waals surface area contributed by atoms with Crippen LogP contribution in [-0.4, -0.2) is 24.3 Å². The van der Waals surface area contributed by atoms with Crippen molar-refractivity contribution in [1.29, 1.82) is 0 Å². The third-order valence-electron chi connectivity index (χ3n) is 3.80. The molecule has 1 aliphatic carbocycles. The van der Waals surface area contributed by atoms with E-state index in [1.54, 1.807) is 0 Å². The van der Waals surface area contributed by atoms with Crippen LogP contribution in [0, 0.1) is 11.8 Å². The molecule has 0 radical (unpaired) electrons. The van der Waals surface area contributed by atoms with Crippen molar-refractivity contribution >= 4 is 0 Å². The van der Waals surface area contributed by atoms with Gasteiger partial charge in [-0.3, -0.25) is 0 Å². The zero-order valence-corrected chi connectivity index (χ0v) is 8.34. The third-order valence-corrected chi connectivity index (χ3v) is 3.80. The van der Waals surface area contributed by atoms with Gasteiger partial charge >= 0.3 is 0 Å². The predicted octanol–water partition coefficient (Wildman–Crippen LogP) is 1.54. The number of hydrogen-bond acceptors (Lipinski definition) is 2. The van der Waals surface area contributed by atoms with Crippen LogP contribution in [0.3, 0.4) is 0 Å². The van der Waals surface area contributed by atoms with E-state index in [9.17, 15) is 0 Å². The van der Waals surface area contributed by atoms with Crippen molar-refractivity contribution in [2.24, 2.45) is 11.8 Å². The van der Waals surface area contributed by atoms with Crippen molar-refractivity contribution in [1.82, 2.24) is 5.32 Å². The molecule has 76 valence electrons. The minimum absolute atomic E-state index is 0.342. The third kappa shape index (κ3) is 2.23. The molecule has 1 saturated heterocycles. The van der Waals surface area contributed by atoms with Gasteiger partial charge in [-0.15, -0.1) is 0 Å². The zero-order valence-electron chi connectivity index (χ0n) is 8.34. The summed E-state index contributed by atoms with van der Waals surface area (Å²) >= 11 is 0. The van der Waals surface area contributed by atoms with Gasteiger partial charge in [0.1, 0.15) is 0 Å². The predicted molar refractivity (Wildman–Crippen MR) is 53.6 cm³/mol. The molecule has 13 heavy (non-hydrogen) atoms. The number of aliphatic hydroxyl groups is 1. The van der Waals surface area contributed by atoms with Crippen LogP contribution in [0.25, 0.3) is 0 Å². The Bertz CT molecular complexity index is 160. The van der Waals surface area contributed by atoms with Crippen molar-refractivity contribution in [2.75, 3.05) is 13.2 Å². The van der Waals surface area contributed by atoms with Gasteiger partial charge < -0.3 is 10.4 Å². The van der Waals surface area contributed by atoms with Gasteiger partial charge in [-0.05, 0) is 37.6 Å². The molecule has 1 saturated carbocycles. The fourth-order valence-electron chi connectivity index (χ4n) is 3.01. The molecular weight excluding hydrogens is 162 g/mol. The van der Waals surface area contributed by atoms with E-state index in [2.05, 4.69) is 5.32 Å². The summed E-state index contributed by atoms with van der Waals surface area (Å²) in [6.45, 7) is 1.55. The van der Waals surface area contributed by atoms with Gasteiger partial charge in [-0.2, -0.15) is 0 Å². The summed E-state index contributed by atoms with van der Waals surface area (Å²) in [5.41, 5.74) is 0. The molecule has 0 aromatic rings. The lowest BCUT2D eigenvalue weighted by atomic mass is 9.73. The number of fused-ring (bicyclic) bond motifs is 1. The van der Waals surface area contributed by atoms with Crippen LogP contribution in [0.1, 0.15) is 38.5 Å². The Morgan fingerprint density at radius 1 is 1.15 bits per heavy atom. The molecule has 3 atom stereocenters. The normalized spacial score (nSPS) is 39.9. The maximum atomic E-state index is 8.87. The lowest BCUT2D eigenvalue weighted by Crippen LogP contribution is -2.45. The van der Waals surface area contributed by atoms with Gasteiger partial charge in [-0.25, -0.2) is 0 Å². The van der Waals surface area contributed by atoms with Gasteiger partial charge in [0.05, 0.1) is 0 Å². The molecule has 0 unspecified atom stereocenters. The fraction of sp³-hybridized carbons (Fsp3) is 1.00. The molecule has 0 amide bonds. The molecule has 0 aromatic heterocycles. The van der Waals surface area contributed by atoms with Crippen molar-refractivity contribution in [3.63, 3.8) is 0 Å². The summed E-state index contributed by atoms with van der Waals surface area (Å²) in [5.74, 6) is 1.91. The highest BCUT2D eigenvalue weighted by Gasteiger charge is 2.31. The first-order valence-electron chi connectivity index (χ1n) is 5.74. The van der Waals surface area contributed by atoms with Gasteiger partial charge in [-0.1, -0.05) is 19.3 Å². The zero-order chi connectivity index (χ0) is 9.10. The Labute approximate surface area is 80.7 Å². The number of piperidine rings is 1. The summed E-state index contributed by atoms with van der Waals surface area (Å²) in [5, 5.41) is 12.4. The fourth-order valence-corrected chi connectivity index (χ4v) is 3.01. The first kappa shape index (κ1) is 9.47. The van der Waals surface area contributed by atoms with E-state index in [1.807, 2.05) is 0 Å². The van der Waals surface area contributed by atoms with E-state index in [0.717, 1.165) is 18.3 Å². The largest absolute Gasteiger partial charge is 0.396 e. The molecule has 2 aliphatic rings. The monoisotopic (exact) mass is 183 g/mol. The minimum atomic E-state index is 0.342. The van der Waals surface area contributed by atoms with E-state index in [4.69, 9.17) is 5.11 Å². The van der Waals surface area contributed by atoms with Crippen LogP contribution in [0.4, 0.5) is 0 Å². The van der Waals surface area contributed by atoms with E-state index in [0.29, 0.717) is 12.6 Å². The number of aliphatic hydroxyl groups excluding tert-OH is 1. The Morgan fingerprint density at radius 3 is 2.69 bits per heavy atom. The Balaban J connectivity index is 1.84. The molecule has 2 nitrogen and oxygen atoms in total. The molecule has 2 fully saturated rings. The van der Waals surface area contributed by atoms with Gasteiger partial charge in [0.25, 0.3) is 0 Å². The summed E-state index contributed by atoms with van der Waals surface area (Å²) in [6.07, 6.45) is 8.01. The highest BCUT2D eigenvalue weighted by molar-refractivity contribution is 4.86. The molecule has 2 N–H and O–H groups in total. The quantitative estimate of drug-likeness (QED) is 0.680. The van der Waals surface area contributed by atoms with Crippen LogP contribution in [0.2, 0.25) is 0 Å². The van der Waals surface area contributed by atoms with Crippen LogP contribution in [0.5, 0.6) is 0 Å². The summed E-state index contributed by atoms with van der Waals surface area (Å²) in [7, 11) is 0. The number of nitrogens with one attached hydrogen (secondary N) is 1. The second kappa shape index (κ2) is 4.43. The average molecular weight is 183 g/mol. The molecule has 1 heterocycles. The van der Waals surface area contributed by atoms with E-state index in [1.165, 1.54) is 38.6 Å². The van der Waals surface area contributed by atoms with E-state index in [-0.39, 0.29) is 0 Å². The summed E-state index contributed by atoms with van der Waals surface area (Å²) in [4.78, 5) is 0. The summed E-state index contributed by atoms with van der Waals surface area (Å²) < 4.78 is 0. The van der Waals surface area contributed by atoms with Gasteiger partial charge in [0, 0.05) is 12.6 Å². The molecule has 0 aromatic carbocycles. The lowest BCUT2D eigenvalue weighted by Gasteiger charge is -2.40. The van der Waals surface area contributed by atoms with Crippen molar-refractivity contribution in [3.8, 4) is 0 Å². The standard InChI is InChI=1S/C11H21NO/c13-6-5-11-7-9-3-1-2-4-10(9)8-12-11/h9-13H,1-8H2/t9-,10-,11-/m1/s1. The maximum Gasteiger partial charge on any atom is 0.0445 e. The first-order chi connectivity index (χ1) is 6.40. The van der Waals surface area contributed by atoms with Crippen LogP contribution >= 0.6 is 0 Å². The van der Waals surface area contributed by atoms with E-state index < -0.39 is 0 Å². The molecular formula is C11H21NO. The van der Waals surface area contributed by atoms with Gasteiger partial charge in [0.2, 0.25) is 0 Å². The molecule has 1 aliphatic heterocycles. The molecule has 0 bridgehead atoms. The topological polar surface area (TPSA) is 32.3 Å². The number of rotatable bonds is 2. The minimum Gasteiger partial charge on any atom is -0.396 e. The van der Waals surface area contributed by atoms with Crippen molar-refractivity contribution in [2.45, 2.75) is 44.6 Å². The van der Waals surface area contributed by atoms with E-state index >= 15 is 0 Å². The summed E-state index contributed by atoms with van der Waals surface area (Å²) in [6, 6.07) is 0.601. The van der Waals surface area contributed by atoms with Crippen molar-refractivity contribution < 1.29 is 5.11 Å². The lowest BCUT2D eigenvalue weighted by molar-refractivity contribution is 0.138. The van der Waals surface area contributed by atoms with Crippen LogP contribution < -0.4 is 5.32 Å². The van der Waals surface area contributed by atoms with Crippen LogP contribution in [-0.2, 0) is 0 Å². The SMILES string of the molecule is OCC[C@@H]1C[C@H]2CCCC[C@@H]2CN1. The smallest absolute Gasteiger partial charge is 0.0445 e.